The van der Waals surface area contributed by atoms with Crippen LogP contribution in [0.5, 0.6) is 0 Å². The van der Waals surface area contributed by atoms with Gasteiger partial charge in [0.1, 0.15) is 6.10 Å². The molecule has 0 aromatic heterocycles. The summed E-state index contributed by atoms with van der Waals surface area (Å²) in [6.45, 7) is 8.21. The maximum atomic E-state index is 11.6. The van der Waals surface area contributed by atoms with E-state index in [9.17, 15) is 9.90 Å². The number of piperidine rings is 1. The normalized spacial score (nSPS) is 31.3. The first-order valence-corrected chi connectivity index (χ1v) is 8.16. The molecule has 3 atom stereocenters. The summed E-state index contributed by atoms with van der Waals surface area (Å²) in [5.41, 5.74) is 0. The minimum Gasteiger partial charge on any atom is -0.388 e. The summed E-state index contributed by atoms with van der Waals surface area (Å²) in [6, 6.07) is -0.535. The molecule has 2 fully saturated rings. The first-order valence-electron chi connectivity index (χ1n) is 8.16. The molecular formula is C15H29N3O3. The Morgan fingerprint density at radius 2 is 2.10 bits per heavy atom. The Labute approximate surface area is 127 Å². The van der Waals surface area contributed by atoms with Gasteiger partial charge in [-0.3, -0.25) is 0 Å². The first kappa shape index (κ1) is 16.5. The highest BCUT2D eigenvalue weighted by Crippen LogP contribution is 2.20. The van der Waals surface area contributed by atoms with Crippen molar-refractivity contribution in [3.05, 3.63) is 0 Å². The molecule has 0 aliphatic carbocycles. The molecule has 2 saturated heterocycles. The van der Waals surface area contributed by atoms with Crippen molar-refractivity contribution in [1.82, 2.24) is 15.5 Å². The molecule has 2 rings (SSSR count). The van der Waals surface area contributed by atoms with Gasteiger partial charge in [-0.05, 0) is 38.3 Å². The number of rotatable bonds is 5. The predicted molar refractivity (Wildman–Crippen MR) is 81.2 cm³/mol. The number of likely N-dealkylation sites (tertiary alicyclic amines) is 1. The topological polar surface area (TPSA) is 73.8 Å². The molecule has 0 aromatic carbocycles. The van der Waals surface area contributed by atoms with E-state index in [0.29, 0.717) is 13.2 Å². The number of aliphatic hydroxyl groups excluding tert-OH is 1. The van der Waals surface area contributed by atoms with Crippen molar-refractivity contribution in [2.75, 3.05) is 32.8 Å². The van der Waals surface area contributed by atoms with E-state index in [0.717, 1.165) is 32.0 Å². The first-order chi connectivity index (χ1) is 10.1. The van der Waals surface area contributed by atoms with Crippen LogP contribution in [0.4, 0.5) is 4.79 Å². The largest absolute Gasteiger partial charge is 0.388 e. The van der Waals surface area contributed by atoms with Crippen LogP contribution in [-0.2, 0) is 4.74 Å². The molecule has 2 heterocycles. The molecule has 6 heteroatoms. The number of nitrogens with one attached hydrogen (secondary N) is 2. The van der Waals surface area contributed by atoms with Gasteiger partial charge in [0.05, 0.1) is 18.8 Å². The minimum atomic E-state index is -0.628. The van der Waals surface area contributed by atoms with Gasteiger partial charge in [0.15, 0.2) is 0 Å². The summed E-state index contributed by atoms with van der Waals surface area (Å²) in [6.07, 6.45) is 2.49. The third-order valence-electron chi connectivity index (χ3n) is 4.45. The zero-order valence-electron chi connectivity index (χ0n) is 13.2. The van der Waals surface area contributed by atoms with Crippen LogP contribution in [0.2, 0.25) is 0 Å². The van der Waals surface area contributed by atoms with E-state index in [-0.39, 0.29) is 18.2 Å². The van der Waals surface area contributed by atoms with Crippen molar-refractivity contribution < 1.29 is 14.6 Å². The van der Waals surface area contributed by atoms with E-state index in [1.807, 2.05) is 6.92 Å². The van der Waals surface area contributed by atoms with E-state index in [4.69, 9.17) is 4.74 Å². The summed E-state index contributed by atoms with van der Waals surface area (Å²) in [7, 11) is 0. The van der Waals surface area contributed by atoms with Gasteiger partial charge in [0, 0.05) is 13.1 Å². The van der Waals surface area contributed by atoms with Crippen LogP contribution in [0.1, 0.15) is 33.1 Å². The highest BCUT2D eigenvalue weighted by atomic mass is 16.5. The van der Waals surface area contributed by atoms with E-state index in [1.54, 1.807) is 0 Å². The number of amides is 2. The third kappa shape index (κ3) is 4.83. The summed E-state index contributed by atoms with van der Waals surface area (Å²) in [5.74, 6) is 0.798. The van der Waals surface area contributed by atoms with Crippen molar-refractivity contribution in [3.8, 4) is 0 Å². The SMILES string of the molecule is CCCNC(=O)N[C@H]1CO[C@@H](CN2CCC(C)CC2)[C@@H]1O. The molecule has 0 unspecified atom stereocenters. The molecule has 6 nitrogen and oxygen atoms in total. The Bertz CT molecular complexity index is 332. The number of ether oxygens (including phenoxy) is 1. The molecule has 2 aliphatic heterocycles. The molecular weight excluding hydrogens is 270 g/mol. The van der Waals surface area contributed by atoms with Crippen LogP contribution in [-0.4, -0.2) is 67.1 Å². The fourth-order valence-corrected chi connectivity index (χ4v) is 2.93. The number of carbonyl (C=O) groups excluding carboxylic acids is 1. The van der Waals surface area contributed by atoms with E-state index >= 15 is 0 Å². The number of nitrogens with zero attached hydrogens (tertiary/aromatic N) is 1. The van der Waals surface area contributed by atoms with Crippen molar-refractivity contribution in [2.45, 2.75) is 51.4 Å². The molecule has 0 saturated carbocycles. The molecule has 0 radical (unpaired) electrons. The number of hydrogen-bond donors (Lipinski definition) is 3. The molecule has 21 heavy (non-hydrogen) atoms. The summed E-state index contributed by atoms with van der Waals surface area (Å²) in [5, 5.41) is 15.9. The third-order valence-corrected chi connectivity index (χ3v) is 4.45. The zero-order valence-corrected chi connectivity index (χ0v) is 13.2. The van der Waals surface area contributed by atoms with Crippen LogP contribution < -0.4 is 10.6 Å². The monoisotopic (exact) mass is 299 g/mol. The molecule has 0 aromatic rings. The van der Waals surface area contributed by atoms with Crippen molar-refractivity contribution in [1.29, 1.82) is 0 Å². The number of aliphatic hydroxyl groups is 1. The lowest BCUT2D eigenvalue weighted by Gasteiger charge is -2.32. The lowest BCUT2D eigenvalue weighted by Crippen LogP contribution is -2.50. The van der Waals surface area contributed by atoms with Gasteiger partial charge in [-0.2, -0.15) is 0 Å². The molecule has 0 bridgehead atoms. The summed E-state index contributed by atoms with van der Waals surface area (Å²) in [4.78, 5) is 14.0. The zero-order chi connectivity index (χ0) is 15.2. The van der Waals surface area contributed by atoms with E-state index in [2.05, 4.69) is 22.5 Å². The average molecular weight is 299 g/mol. The van der Waals surface area contributed by atoms with Crippen molar-refractivity contribution >= 4 is 6.03 Å². The lowest BCUT2D eigenvalue weighted by molar-refractivity contribution is 0.00880. The Morgan fingerprint density at radius 1 is 1.38 bits per heavy atom. The highest BCUT2D eigenvalue weighted by Gasteiger charge is 2.37. The molecule has 3 N–H and O–H groups in total. The van der Waals surface area contributed by atoms with Gasteiger partial charge in [-0.25, -0.2) is 4.79 Å². The Hall–Kier alpha value is -0.850. The molecule has 0 spiro atoms. The highest BCUT2D eigenvalue weighted by molar-refractivity contribution is 5.74. The van der Waals surface area contributed by atoms with Gasteiger partial charge in [-0.15, -0.1) is 0 Å². The maximum Gasteiger partial charge on any atom is 0.315 e. The minimum absolute atomic E-state index is 0.199. The lowest BCUT2D eigenvalue weighted by atomic mass is 9.98. The van der Waals surface area contributed by atoms with Crippen LogP contribution >= 0.6 is 0 Å². The van der Waals surface area contributed by atoms with Crippen LogP contribution in [0.25, 0.3) is 0 Å². The van der Waals surface area contributed by atoms with E-state index < -0.39 is 6.10 Å². The summed E-state index contributed by atoms with van der Waals surface area (Å²) < 4.78 is 5.68. The maximum absolute atomic E-state index is 11.6. The second kappa shape index (κ2) is 7.96. The quantitative estimate of drug-likeness (QED) is 0.693. The molecule has 122 valence electrons. The molecule has 2 aliphatic rings. The molecule has 2 amide bonds. The predicted octanol–water partition coefficient (Wildman–Crippen LogP) is 0.556. The van der Waals surface area contributed by atoms with Gasteiger partial charge in [-0.1, -0.05) is 13.8 Å². The Kier molecular flexibility index (Phi) is 6.26. The van der Waals surface area contributed by atoms with Gasteiger partial charge in [0.2, 0.25) is 0 Å². The smallest absolute Gasteiger partial charge is 0.315 e. The fraction of sp³-hybridized carbons (Fsp3) is 0.933. The Morgan fingerprint density at radius 3 is 2.76 bits per heavy atom. The van der Waals surface area contributed by atoms with Gasteiger partial charge >= 0.3 is 6.03 Å². The summed E-state index contributed by atoms with van der Waals surface area (Å²) >= 11 is 0. The standard InChI is InChI=1S/C15H29N3O3/c1-3-6-16-15(20)17-12-10-21-13(14(12)19)9-18-7-4-11(2)5-8-18/h11-14,19H,3-10H2,1-2H3,(H2,16,17,20)/t12-,13-,14+/m0/s1. The van der Waals surface area contributed by atoms with Crippen LogP contribution in [0.3, 0.4) is 0 Å². The second-order valence-corrected chi connectivity index (χ2v) is 6.35. The number of urea groups is 1. The fourth-order valence-electron chi connectivity index (χ4n) is 2.93. The average Bonchev–Trinajstić information content (AvgIpc) is 2.80. The van der Waals surface area contributed by atoms with Gasteiger partial charge in [0.25, 0.3) is 0 Å². The van der Waals surface area contributed by atoms with Crippen LogP contribution in [0, 0.1) is 5.92 Å². The van der Waals surface area contributed by atoms with Crippen molar-refractivity contribution in [3.63, 3.8) is 0 Å². The van der Waals surface area contributed by atoms with Crippen LogP contribution in [0.15, 0.2) is 0 Å². The number of carbonyl (C=O) groups is 1. The number of hydrogen-bond acceptors (Lipinski definition) is 4. The van der Waals surface area contributed by atoms with Crippen molar-refractivity contribution in [2.24, 2.45) is 5.92 Å². The Balaban J connectivity index is 1.73. The van der Waals surface area contributed by atoms with E-state index in [1.165, 1.54) is 12.8 Å². The second-order valence-electron chi connectivity index (χ2n) is 6.35. The van der Waals surface area contributed by atoms with Gasteiger partial charge < -0.3 is 25.4 Å².